The Balaban J connectivity index is 2.06. The van der Waals surface area contributed by atoms with Crippen LogP contribution in [0.1, 0.15) is 36.7 Å². The first-order chi connectivity index (χ1) is 9.78. The van der Waals surface area contributed by atoms with Crippen LogP contribution in [0.25, 0.3) is 0 Å². The van der Waals surface area contributed by atoms with E-state index < -0.39 is 0 Å². The van der Waals surface area contributed by atoms with Crippen molar-refractivity contribution >= 4 is 11.8 Å². The SMILES string of the molecule is C=C(CNC(C)(C)C)CN1C(=O)Cc2ccccc2C1=O. The third-order valence-electron chi connectivity index (χ3n) is 3.39. The highest BCUT2D eigenvalue weighted by Crippen LogP contribution is 2.20. The quantitative estimate of drug-likeness (QED) is 0.681. The number of hydrogen-bond donors (Lipinski definition) is 1. The molecule has 0 saturated carbocycles. The molecule has 0 aromatic heterocycles. The van der Waals surface area contributed by atoms with Crippen molar-refractivity contribution in [2.45, 2.75) is 32.7 Å². The predicted molar refractivity (Wildman–Crippen MR) is 83.1 cm³/mol. The van der Waals surface area contributed by atoms with Crippen LogP contribution in [0.4, 0.5) is 0 Å². The molecule has 0 atom stereocenters. The number of hydrogen-bond acceptors (Lipinski definition) is 3. The molecule has 0 radical (unpaired) electrons. The number of carbonyl (C=O) groups excluding carboxylic acids is 2. The maximum atomic E-state index is 12.4. The van der Waals surface area contributed by atoms with Crippen molar-refractivity contribution < 1.29 is 9.59 Å². The van der Waals surface area contributed by atoms with Gasteiger partial charge in [-0.05, 0) is 38.0 Å². The van der Waals surface area contributed by atoms with E-state index >= 15 is 0 Å². The van der Waals surface area contributed by atoms with Gasteiger partial charge in [0, 0.05) is 17.6 Å². The van der Waals surface area contributed by atoms with E-state index in [1.807, 2.05) is 18.2 Å². The normalized spacial score (nSPS) is 15.1. The highest BCUT2D eigenvalue weighted by molar-refractivity contribution is 6.09. The molecule has 1 aromatic carbocycles. The number of imide groups is 1. The Kier molecular flexibility index (Phi) is 4.28. The van der Waals surface area contributed by atoms with E-state index in [1.165, 1.54) is 4.90 Å². The number of fused-ring (bicyclic) bond motifs is 1. The van der Waals surface area contributed by atoms with Crippen molar-refractivity contribution in [2.75, 3.05) is 13.1 Å². The summed E-state index contributed by atoms with van der Waals surface area (Å²) < 4.78 is 0. The minimum Gasteiger partial charge on any atom is -0.308 e. The van der Waals surface area contributed by atoms with Gasteiger partial charge in [-0.15, -0.1) is 0 Å². The van der Waals surface area contributed by atoms with Gasteiger partial charge in [-0.3, -0.25) is 14.5 Å². The van der Waals surface area contributed by atoms with Crippen molar-refractivity contribution in [1.29, 1.82) is 0 Å². The number of nitrogens with zero attached hydrogens (tertiary/aromatic N) is 1. The lowest BCUT2D eigenvalue weighted by molar-refractivity contribution is -0.128. The standard InChI is InChI=1S/C17H22N2O2/c1-12(10-18-17(2,3)4)11-19-15(20)9-13-7-5-6-8-14(13)16(19)21/h5-8,18H,1,9-11H2,2-4H3. The van der Waals surface area contributed by atoms with Gasteiger partial charge < -0.3 is 5.32 Å². The molecule has 0 saturated heterocycles. The summed E-state index contributed by atoms with van der Waals surface area (Å²) >= 11 is 0. The summed E-state index contributed by atoms with van der Waals surface area (Å²) in [5.41, 5.74) is 2.23. The average Bonchev–Trinajstić information content (AvgIpc) is 2.40. The van der Waals surface area contributed by atoms with Crippen molar-refractivity contribution in [1.82, 2.24) is 10.2 Å². The van der Waals surface area contributed by atoms with Gasteiger partial charge in [0.05, 0.1) is 13.0 Å². The fourth-order valence-corrected chi connectivity index (χ4v) is 2.23. The molecule has 112 valence electrons. The van der Waals surface area contributed by atoms with E-state index in [0.717, 1.165) is 11.1 Å². The van der Waals surface area contributed by atoms with Crippen molar-refractivity contribution in [3.8, 4) is 0 Å². The molecule has 1 aliphatic rings. The Morgan fingerprint density at radius 3 is 2.62 bits per heavy atom. The van der Waals surface area contributed by atoms with E-state index in [1.54, 1.807) is 6.07 Å². The predicted octanol–water partition coefficient (Wildman–Crippen LogP) is 2.16. The molecule has 0 fully saturated rings. The first-order valence-corrected chi connectivity index (χ1v) is 7.12. The summed E-state index contributed by atoms with van der Waals surface area (Å²) in [7, 11) is 0. The number of rotatable bonds is 4. The molecule has 0 aliphatic carbocycles. The van der Waals surface area contributed by atoms with E-state index in [9.17, 15) is 9.59 Å². The molecule has 4 nitrogen and oxygen atoms in total. The molecular formula is C17H22N2O2. The Morgan fingerprint density at radius 1 is 1.29 bits per heavy atom. The largest absolute Gasteiger partial charge is 0.308 e. The maximum absolute atomic E-state index is 12.4. The summed E-state index contributed by atoms with van der Waals surface area (Å²) in [6.07, 6.45) is 0.280. The first kappa shape index (κ1) is 15.4. The van der Waals surface area contributed by atoms with Gasteiger partial charge >= 0.3 is 0 Å². The maximum Gasteiger partial charge on any atom is 0.261 e. The monoisotopic (exact) mass is 286 g/mol. The van der Waals surface area contributed by atoms with E-state index in [4.69, 9.17) is 0 Å². The van der Waals surface area contributed by atoms with E-state index in [-0.39, 0.29) is 30.3 Å². The lowest BCUT2D eigenvalue weighted by Crippen LogP contribution is -2.45. The van der Waals surface area contributed by atoms with Crippen molar-refractivity contribution in [3.63, 3.8) is 0 Å². The molecule has 2 rings (SSSR count). The van der Waals surface area contributed by atoms with Gasteiger partial charge in [0.15, 0.2) is 0 Å². The summed E-state index contributed by atoms with van der Waals surface area (Å²) in [6, 6.07) is 7.27. The number of nitrogens with one attached hydrogen (secondary N) is 1. The Labute approximate surface area is 125 Å². The molecule has 0 bridgehead atoms. The Bertz CT molecular complexity index is 585. The van der Waals surface area contributed by atoms with Crippen LogP contribution < -0.4 is 5.32 Å². The molecule has 0 unspecified atom stereocenters. The fraction of sp³-hybridized carbons (Fsp3) is 0.412. The lowest BCUT2D eigenvalue weighted by Gasteiger charge is -2.28. The van der Waals surface area contributed by atoms with Crippen LogP contribution >= 0.6 is 0 Å². The number of amides is 2. The molecule has 4 heteroatoms. The van der Waals surface area contributed by atoms with E-state index in [2.05, 4.69) is 32.7 Å². The van der Waals surface area contributed by atoms with Crippen LogP contribution in [0.3, 0.4) is 0 Å². The van der Waals surface area contributed by atoms with Gasteiger partial charge in [0.1, 0.15) is 0 Å². The average molecular weight is 286 g/mol. The molecular weight excluding hydrogens is 264 g/mol. The van der Waals surface area contributed by atoms with E-state index in [0.29, 0.717) is 12.1 Å². The topological polar surface area (TPSA) is 49.4 Å². The summed E-state index contributed by atoms with van der Waals surface area (Å²) in [4.78, 5) is 25.9. The molecule has 1 N–H and O–H groups in total. The van der Waals surface area contributed by atoms with Crippen LogP contribution in [-0.4, -0.2) is 35.3 Å². The van der Waals surface area contributed by atoms with Crippen molar-refractivity contribution in [2.24, 2.45) is 0 Å². The third kappa shape index (κ3) is 3.79. The smallest absolute Gasteiger partial charge is 0.261 e. The Morgan fingerprint density at radius 2 is 1.95 bits per heavy atom. The van der Waals surface area contributed by atoms with Gasteiger partial charge in [-0.2, -0.15) is 0 Å². The summed E-state index contributed by atoms with van der Waals surface area (Å²) in [6.45, 7) is 11.0. The number of benzene rings is 1. The molecule has 1 heterocycles. The highest BCUT2D eigenvalue weighted by atomic mass is 16.2. The number of carbonyl (C=O) groups is 2. The van der Waals surface area contributed by atoms with Crippen LogP contribution in [0, 0.1) is 0 Å². The lowest BCUT2D eigenvalue weighted by atomic mass is 9.98. The molecule has 2 amide bonds. The third-order valence-corrected chi connectivity index (χ3v) is 3.39. The molecule has 1 aliphatic heterocycles. The van der Waals surface area contributed by atoms with Gasteiger partial charge in [0.25, 0.3) is 5.91 Å². The minimum atomic E-state index is -0.223. The zero-order valence-corrected chi connectivity index (χ0v) is 12.9. The molecule has 1 aromatic rings. The summed E-state index contributed by atoms with van der Waals surface area (Å²) in [5, 5.41) is 3.31. The minimum absolute atomic E-state index is 0.0224. The van der Waals surface area contributed by atoms with Crippen LogP contribution in [0.5, 0.6) is 0 Å². The summed E-state index contributed by atoms with van der Waals surface area (Å²) in [5.74, 6) is -0.380. The van der Waals surface area contributed by atoms with Gasteiger partial charge in [-0.1, -0.05) is 24.8 Å². The second-order valence-electron chi connectivity index (χ2n) is 6.47. The van der Waals surface area contributed by atoms with Crippen LogP contribution in [-0.2, 0) is 11.2 Å². The zero-order valence-electron chi connectivity index (χ0n) is 12.9. The van der Waals surface area contributed by atoms with Crippen LogP contribution in [0.15, 0.2) is 36.4 Å². The van der Waals surface area contributed by atoms with Crippen molar-refractivity contribution in [3.05, 3.63) is 47.5 Å². The first-order valence-electron chi connectivity index (χ1n) is 7.12. The van der Waals surface area contributed by atoms with Gasteiger partial charge in [-0.25, -0.2) is 0 Å². The highest BCUT2D eigenvalue weighted by Gasteiger charge is 2.30. The molecule has 21 heavy (non-hydrogen) atoms. The second kappa shape index (κ2) is 5.82. The van der Waals surface area contributed by atoms with Gasteiger partial charge in [0.2, 0.25) is 5.91 Å². The second-order valence-corrected chi connectivity index (χ2v) is 6.47. The fourth-order valence-electron chi connectivity index (χ4n) is 2.23. The van der Waals surface area contributed by atoms with Crippen LogP contribution in [0.2, 0.25) is 0 Å². The zero-order chi connectivity index (χ0) is 15.6. The Hall–Kier alpha value is -1.94. The molecule has 0 spiro atoms.